The fraction of sp³-hybridized carbons (Fsp3) is 0.615. The normalized spacial score (nSPS) is 26.4. The highest BCUT2D eigenvalue weighted by Gasteiger charge is 2.31. The van der Waals surface area contributed by atoms with Crippen molar-refractivity contribution in [3.05, 3.63) is 29.8 Å². The molecule has 1 saturated heterocycles. The third kappa shape index (κ3) is 2.24. The molecule has 0 aliphatic carbocycles. The molecule has 1 aliphatic rings. The molecule has 1 aromatic heterocycles. The summed E-state index contributed by atoms with van der Waals surface area (Å²) < 4.78 is 13.2. The summed E-state index contributed by atoms with van der Waals surface area (Å²) in [5.74, 6) is -0.239. The molecule has 2 nitrogen and oxygen atoms in total. The molecule has 0 spiro atoms. The highest BCUT2D eigenvalue weighted by molar-refractivity contribution is 5.21. The Kier molecular flexibility index (Phi) is 3.54. The zero-order valence-corrected chi connectivity index (χ0v) is 9.80. The molecular formula is C13H19FN2. The van der Waals surface area contributed by atoms with Gasteiger partial charge in [0.25, 0.3) is 0 Å². The summed E-state index contributed by atoms with van der Waals surface area (Å²) in [6.45, 7) is 3.17. The maximum absolute atomic E-state index is 13.2. The van der Waals surface area contributed by atoms with E-state index in [4.69, 9.17) is 0 Å². The number of nitrogens with zero attached hydrogens (tertiary/aromatic N) is 1. The third-order valence-electron chi connectivity index (χ3n) is 3.60. The van der Waals surface area contributed by atoms with Crippen LogP contribution in [0.2, 0.25) is 0 Å². The lowest BCUT2D eigenvalue weighted by Crippen LogP contribution is -2.41. The van der Waals surface area contributed by atoms with Gasteiger partial charge in [0, 0.05) is 11.7 Å². The average Bonchev–Trinajstić information content (AvgIpc) is 2.55. The second-order valence-corrected chi connectivity index (χ2v) is 4.56. The van der Waals surface area contributed by atoms with E-state index in [0.717, 1.165) is 24.9 Å². The molecule has 2 rings (SSSR count). The number of hydrogen-bond donors (Lipinski definition) is 1. The molecule has 1 atom stereocenters. The van der Waals surface area contributed by atoms with E-state index >= 15 is 0 Å². The van der Waals surface area contributed by atoms with Gasteiger partial charge in [-0.1, -0.05) is 19.8 Å². The monoisotopic (exact) mass is 222 g/mol. The van der Waals surface area contributed by atoms with Crippen LogP contribution in [-0.4, -0.2) is 11.5 Å². The summed E-state index contributed by atoms with van der Waals surface area (Å²) in [5.41, 5.74) is 0.933. The number of hydrogen-bond acceptors (Lipinski definition) is 2. The van der Waals surface area contributed by atoms with Gasteiger partial charge >= 0.3 is 0 Å². The quantitative estimate of drug-likeness (QED) is 0.832. The number of halogens is 1. The summed E-state index contributed by atoms with van der Waals surface area (Å²) in [7, 11) is 0. The molecule has 0 aromatic carbocycles. The minimum absolute atomic E-state index is 0.0639. The van der Waals surface area contributed by atoms with E-state index in [1.165, 1.54) is 25.5 Å². The summed E-state index contributed by atoms with van der Waals surface area (Å²) in [6, 6.07) is 1.62. The lowest BCUT2D eigenvalue weighted by atomic mass is 9.84. The van der Waals surface area contributed by atoms with Crippen molar-refractivity contribution in [2.24, 2.45) is 0 Å². The molecule has 3 heteroatoms. The maximum atomic E-state index is 13.2. The van der Waals surface area contributed by atoms with Gasteiger partial charge in [-0.15, -0.1) is 0 Å². The molecule has 1 aromatic rings. The first-order chi connectivity index (χ1) is 7.77. The Morgan fingerprint density at radius 1 is 1.38 bits per heavy atom. The zero-order valence-electron chi connectivity index (χ0n) is 9.80. The molecule has 2 heterocycles. The Bertz CT molecular complexity index is 344. The van der Waals surface area contributed by atoms with Gasteiger partial charge in [-0.2, -0.15) is 0 Å². The van der Waals surface area contributed by atoms with Crippen molar-refractivity contribution in [2.45, 2.75) is 44.6 Å². The van der Waals surface area contributed by atoms with Crippen LogP contribution in [0.4, 0.5) is 4.39 Å². The molecule has 0 amide bonds. The van der Waals surface area contributed by atoms with Crippen LogP contribution >= 0.6 is 0 Å². The highest BCUT2D eigenvalue weighted by atomic mass is 19.1. The summed E-state index contributed by atoms with van der Waals surface area (Å²) in [5, 5.41) is 3.58. The highest BCUT2D eigenvalue weighted by Crippen LogP contribution is 2.32. The first-order valence-corrected chi connectivity index (χ1v) is 6.13. The molecule has 88 valence electrons. The van der Waals surface area contributed by atoms with Crippen molar-refractivity contribution in [1.29, 1.82) is 0 Å². The van der Waals surface area contributed by atoms with Gasteiger partial charge in [0.1, 0.15) is 5.82 Å². The minimum atomic E-state index is -0.239. The van der Waals surface area contributed by atoms with E-state index in [1.54, 1.807) is 12.3 Å². The lowest BCUT2D eigenvalue weighted by Gasteiger charge is -2.33. The van der Waals surface area contributed by atoms with Crippen molar-refractivity contribution >= 4 is 0 Å². The van der Waals surface area contributed by atoms with Gasteiger partial charge in [0.05, 0.1) is 6.20 Å². The molecule has 16 heavy (non-hydrogen) atoms. The predicted octanol–water partition coefficient (Wildman–Crippen LogP) is 2.99. The largest absolute Gasteiger partial charge is 0.307 e. The zero-order chi connectivity index (χ0) is 11.4. The predicted molar refractivity (Wildman–Crippen MR) is 62.6 cm³/mol. The maximum Gasteiger partial charge on any atom is 0.141 e. The van der Waals surface area contributed by atoms with Gasteiger partial charge in [0.2, 0.25) is 0 Å². The first-order valence-electron chi connectivity index (χ1n) is 6.13. The molecule has 0 bridgehead atoms. The van der Waals surface area contributed by atoms with Crippen molar-refractivity contribution < 1.29 is 4.39 Å². The Morgan fingerprint density at radius 2 is 2.25 bits per heavy atom. The molecular weight excluding hydrogens is 203 g/mol. The second kappa shape index (κ2) is 4.91. The smallest absolute Gasteiger partial charge is 0.141 e. The lowest BCUT2D eigenvalue weighted by molar-refractivity contribution is 0.310. The summed E-state index contributed by atoms with van der Waals surface area (Å²) >= 11 is 0. The number of rotatable bonds is 2. The van der Waals surface area contributed by atoms with Crippen LogP contribution < -0.4 is 5.32 Å². The van der Waals surface area contributed by atoms with Crippen molar-refractivity contribution in [1.82, 2.24) is 10.3 Å². The van der Waals surface area contributed by atoms with Crippen molar-refractivity contribution in [3.63, 3.8) is 0 Å². The fourth-order valence-corrected chi connectivity index (χ4v) is 2.57. The molecule has 1 unspecified atom stereocenters. The van der Waals surface area contributed by atoms with Crippen LogP contribution in [0.25, 0.3) is 0 Å². The number of aromatic nitrogens is 1. The fourth-order valence-electron chi connectivity index (χ4n) is 2.57. The number of nitrogens with one attached hydrogen (secondary N) is 1. The van der Waals surface area contributed by atoms with E-state index < -0.39 is 0 Å². The van der Waals surface area contributed by atoms with E-state index in [9.17, 15) is 4.39 Å². The minimum Gasteiger partial charge on any atom is -0.307 e. The van der Waals surface area contributed by atoms with Crippen LogP contribution in [0.5, 0.6) is 0 Å². The second-order valence-electron chi connectivity index (χ2n) is 4.56. The molecule has 1 N–H and O–H groups in total. The standard InChI is InChI=1S/C13H19FN2/c1-2-13(6-4-3-5-7-16-13)11-8-12(14)10-15-9-11/h8-10,16H,2-7H2,1H3. The SMILES string of the molecule is CCC1(c2cncc(F)c2)CCCCCN1. The van der Waals surface area contributed by atoms with Gasteiger partial charge in [-0.05, 0) is 37.4 Å². The molecule has 1 aliphatic heterocycles. The Morgan fingerprint density at radius 3 is 3.00 bits per heavy atom. The van der Waals surface area contributed by atoms with Crippen LogP contribution in [-0.2, 0) is 5.54 Å². The third-order valence-corrected chi connectivity index (χ3v) is 3.60. The molecule has 0 radical (unpaired) electrons. The first kappa shape index (κ1) is 11.5. The van der Waals surface area contributed by atoms with Crippen molar-refractivity contribution in [3.8, 4) is 0 Å². The summed E-state index contributed by atoms with van der Waals surface area (Å²) in [6.07, 6.45) is 8.81. The van der Waals surface area contributed by atoms with E-state index in [2.05, 4.69) is 17.2 Å². The Hall–Kier alpha value is -0.960. The van der Waals surface area contributed by atoms with Crippen molar-refractivity contribution in [2.75, 3.05) is 6.54 Å². The van der Waals surface area contributed by atoms with Crippen LogP contribution in [0, 0.1) is 5.82 Å². The Labute approximate surface area is 96.3 Å². The van der Waals surface area contributed by atoms with Gasteiger partial charge in [-0.3, -0.25) is 4.98 Å². The number of pyridine rings is 1. The van der Waals surface area contributed by atoms with Gasteiger partial charge < -0.3 is 5.32 Å². The van der Waals surface area contributed by atoms with Crippen LogP contribution in [0.1, 0.15) is 44.6 Å². The molecule has 0 saturated carbocycles. The topological polar surface area (TPSA) is 24.9 Å². The van der Waals surface area contributed by atoms with E-state index in [1.807, 2.05) is 0 Å². The molecule has 1 fully saturated rings. The summed E-state index contributed by atoms with van der Waals surface area (Å²) in [4.78, 5) is 3.97. The van der Waals surface area contributed by atoms with Crippen LogP contribution in [0.3, 0.4) is 0 Å². The van der Waals surface area contributed by atoms with E-state index in [-0.39, 0.29) is 11.4 Å². The van der Waals surface area contributed by atoms with Gasteiger partial charge in [-0.25, -0.2) is 4.39 Å². The van der Waals surface area contributed by atoms with Gasteiger partial charge in [0.15, 0.2) is 0 Å². The van der Waals surface area contributed by atoms with Crippen LogP contribution in [0.15, 0.2) is 18.5 Å². The average molecular weight is 222 g/mol. The Balaban J connectivity index is 2.31. The van der Waals surface area contributed by atoms with E-state index in [0.29, 0.717) is 0 Å².